The summed E-state index contributed by atoms with van der Waals surface area (Å²) in [5.41, 5.74) is 0. The van der Waals surface area contributed by atoms with Gasteiger partial charge in [-0.05, 0) is 18.8 Å². The van der Waals surface area contributed by atoms with E-state index in [1.54, 1.807) is 0 Å². The lowest BCUT2D eigenvalue weighted by Gasteiger charge is -2.31. The minimum atomic E-state index is -0.933. The Morgan fingerprint density at radius 2 is 2.06 bits per heavy atom. The maximum absolute atomic E-state index is 11.5. The molecule has 0 spiro atoms. The van der Waals surface area contributed by atoms with E-state index in [1.165, 1.54) is 24.2 Å². The molecule has 1 saturated carbocycles. The van der Waals surface area contributed by atoms with Crippen molar-refractivity contribution in [3.8, 4) is 0 Å². The Bertz CT molecular complexity index is 287. The van der Waals surface area contributed by atoms with Crippen LogP contribution in [0.15, 0.2) is 0 Å². The Hall–Kier alpha value is -1.26. The summed E-state index contributed by atoms with van der Waals surface area (Å²) in [6.45, 7) is 0.434. The molecule has 0 aromatic rings. The third-order valence-corrected chi connectivity index (χ3v) is 3.62. The quantitative estimate of drug-likeness (QED) is 0.755. The first-order valence-electron chi connectivity index (χ1n) is 5.95. The van der Waals surface area contributed by atoms with Gasteiger partial charge in [0, 0.05) is 6.54 Å². The van der Waals surface area contributed by atoms with Gasteiger partial charge in [-0.1, -0.05) is 19.3 Å². The van der Waals surface area contributed by atoms with Crippen molar-refractivity contribution in [1.82, 2.24) is 10.2 Å². The number of nitrogens with one attached hydrogen (secondary N) is 1. The highest BCUT2D eigenvalue weighted by molar-refractivity contribution is 5.82. The van der Waals surface area contributed by atoms with Crippen molar-refractivity contribution in [1.29, 1.82) is 0 Å². The number of carboxylic acid groups (broad SMARTS) is 1. The zero-order valence-corrected chi connectivity index (χ0v) is 9.32. The van der Waals surface area contributed by atoms with Crippen molar-refractivity contribution in [2.75, 3.05) is 13.1 Å². The molecule has 0 aromatic heterocycles. The number of amides is 2. The lowest BCUT2D eigenvalue weighted by molar-refractivity contribution is -0.138. The molecule has 2 rings (SSSR count). The normalized spacial score (nSPS) is 26.9. The number of nitrogens with zero attached hydrogens (tertiary/aromatic N) is 1. The zero-order chi connectivity index (χ0) is 11.5. The summed E-state index contributed by atoms with van der Waals surface area (Å²) >= 11 is 0. The minimum Gasteiger partial charge on any atom is -0.480 e. The molecule has 1 atom stereocenters. The molecule has 1 aliphatic carbocycles. The molecule has 16 heavy (non-hydrogen) atoms. The van der Waals surface area contributed by atoms with E-state index in [0.717, 1.165) is 12.8 Å². The van der Waals surface area contributed by atoms with Crippen LogP contribution in [0.1, 0.15) is 32.1 Å². The monoisotopic (exact) mass is 226 g/mol. The van der Waals surface area contributed by atoms with Crippen molar-refractivity contribution in [3.63, 3.8) is 0 Å². The molecule has 90 valence electrons. The molecule has 1 saturated heterocycles. The highest BCUT2D eigenvalue weighted by Gasteiger charge is 2.37. The Labute approximate surface area is 94.8 Å². The topological polar surface area (TPSA) is 69.6 Å². The minimum absolute atomic E-state index is 0.0869. The van der Waals surface area contributed by atoms with Crippen molar-refractivity contribution in [3.05, 3.63) is 0 Å². The van der Waals surface area contributed by atoms with E-state index in [0.29, 0.717) is 12.5 Å². The first kappa shape index (κ1) is 11.2. The molecule has 1 aliphatic heterocycles. The molecule has 1 heterocycles. The van der Waals surface area contributed by atoms with Gasteiger partial charge in [-0.25, -0.2) is 4.79 Å². The number of hydrogen-bond acceptors (Lipinski definition) is 2. The second-order valence-electron chi connectivity index (χ2n) is 4.67. The van der Waals surface area contributed by atoms with Gasteiger partial charge in [-0.3, -0.25) is 4.79 Å². The molecule has 0 aromatic carbocycles. The Kier molecular flexibility index (Phi) is 3.31. The van der Waals surface area contributed by atoms with Crippen LogP contribution in [-0.4, -0.2) is 41.1 Å². The molecule has 1 unspecified atom stereocenters. The van der Waals surface area contributed by atoms with E-state index in [4.69, 9.17) is 5.11 Å². The van der Waals surface area contributed by atoms with Gasteiger partial charge < -0.3 is 15.3 Å². The van der Waals surface area contributed by atoms with Gasteiger partial charge in [0.15, 0.2) is 0 Å². The predicted octanol–water partition coefficient (Wildman–Crippen LogP) is 1.05. The second-order valence-corrected chi connectivity index (χ2v) is 4.67. The van der Waals surface area contributed by atoms with E-state index in [1.807, 2.05) is 0 Å². The third kappa shape index (κ3) is 2.28. The number of rotatable bonds is 3. The lowest BCUT2D eigenvalue weighted by atomic mass is 9.83. The molecule has 5 nitrogen and oxygen atoms in total. The van der Waals surface area contributed by atoms with Gasteiger partial charge >= 0.3 is 12.0 Å². The summed E-state index contributed by atoms with van der Waals surface area (Å²) in [6, 6.07) is -0.137. The van der Waals surface area contributed by atoms with Gasteiger partial charge in [0.25, 0.3) is 0 Å². The SMILES string of the molecule is O=C(O)CN1C(=O)NCC1C1CCCCC1. The van der Waals surface area contributed by atoms with Crippen molar-refractivity contribution >= 4 is 12.0 Å². The predicted molar refractivity (Wildman–Crippen MR) is 58.1 cm³/mol. The summed E-state index contributed by atoms with van der Waals surface area (Å²) in [4.78, 5) is 23.7. The van der Waals surface area contributed by atoms with Crippen molar-refractivity contribution in [2.45, 2.75) is 38.1 Å². The number of carbonyl (C=O) groups excluding carboxylic acids is 1. The van der Waals surface area contributed by atoms with Crippen LogP contribution in [-0.2, 0) is 4.79 Å². The van der Waals surface area contributed by atoms with E-state index in [9.17, 15) is 9.59 Å². The molecule has 2 N–H and O–H groups in total. The Morgan fingerprint density at radius 3 is 2.69 bits per heavy atom. The van der Waals surface area contributed by atoms with E-state index >= 15 is 0 Å². The van der Waals surface area contributed by atoms with Gasteiger partial charge in [0.1, 0.15) is 6.54 Å². The average Bonchev–Trinajstić information content (AvgIpc) is 2.61. The number of hydrogen-bond donors (Lipinski definition) is 2. The summed E-state index contributed by atoms with van der Waals surface area (Å²) in [7, 11) is 0. The summed E-state index contributed by atoms with van der Waals surface area (Å²) in [6.07, 6.45) is 5.92. The van der Waals surface area contributed by atoms with Crippen LogP contribution in [0.4, 0.5) is 4.79 Å². The molecule has 0 radical (unpaired) electrons. The number of carboxylic acids is 1. The maximum atomic E-state index is 11.5. The van der Waals surface area contributed by atoms with Crippen LogP contribution in [0.25, 0.3) is 0 Å². The van der Waals surface area contributed by atoms with E-state index < -0.39 is 5.97 Å². The van der Waals surface area contributed by atoms with Gasteiger partial charge in [-0.15, -0.1) is 0 Å². The molecule has 5 heteroatoms. The Balaban J connectivity index is 2.01. The lowest BCUT2D eigenvalue weighted by Crippen LogP contribution is -2.42. The summed E-state index contributed by atoms with van der Waals surface area (Å²) in [5, 5.41) is 11.5. The van der Waals surface area contributed by atoms with Crippen molar-refractivity contribution in [2.24, 2.45) is 5.92 Å². The van der Waals surface area contributed by atoms with Crippen LogP contribution in [0.2, 0.25) is 0 Å². The van der Waals surface area contributed by atoms with Crippen LogP contribution in [0.5, 0.6) is 0 Å². The van der Waals surface area contributed by atoms with E-state index in [-0.39, 0.29) is 18.6 Å². The van der Waals surface area contributed by atoms with Crippen LogP contribution in [0.3, 0.4) is 0 Å². The van der Waals surface area contributed by atoms with Gasteiger partial charge in [0.2, 0.25) is 0 Å². The zero-order valence-electron chi connectivity index (χ0n) is 9.32. The summed E-state index contributed by atoms with van der Waals surface area (Å²) in [5.74, 6) is -0.454. The summed E-state index contributed by atoms with van der Waals surface area (Å²) < 4.78 is 0. The molecule has 2 amide bonds. The molecule has 2 aliphatic rings. The fraction of sp³-hybridized carbons (Fsp3) is 0.818. The fourth-order valence-corrected chi connectivity index (χ4v) is 2.83. The second kappa shape index (κ2) is 4.72. The first-order valence-corrected chi connectivity index (χ1v) is 5.95. The molecular weight excluding hydrogens is 208 g/mol. The maximum Gasteiger partial charge on any atom is 0.323 e. The van der Waals surface area contributed by atoms with Crippen LogP contribution in [0, 0.1) is 5.92 Å². The van der Waals surface area contributed by atoms with Crippen LogP contribution >= 0.6 is 0 Å². The Morgan fingerprint density at radius 1 is 1.38 bits per heavy atom. The van der Waals surface area contributed by atoms with E-state index in [2.05, 4.69) is 5.32 Å². The highest BCUT2D eigenvalue weighted by Crippen LogP contribution is 2.30. The standard InChI is InChI=1S/C11H18N2O3/c14-10(15)7-13-9(6-12-11(13)16)8-4-2-1-3-5-8/h8-9H,1-7H2,(H,12,16)(H,14,15). The smallest absolute Gasteiger partial charge is 0.323 e. The fourth-order valence-electron chi connectivity index (χ4n) is 2.83. The highest BCUT2D eigenvalue weighted by atomic mass is 16.4. The first-order chi connectivity index (χ1) is 7.68. The third-order valence-electron chi connectivity index (χ3n) is 3.62. The number of carbonyl (C=O) groups is 2. The molecule has 0 bridgehead atoms. The largest absolute Gasteiger partial charge is 0.480 e. The van der Waals surface area contributed by atoms with Crippen LogP contribution < -0.4 is 5.32 Å². The molecule has 2 fully saturated rings. The average molecular weight is 226 g/mol. The molecular formula is C11H18N2O3. The number of aliphatic carboxylic acids is 1. The van der Waals surface area contributed by atoms with Gasteiger partial charge in [0.05, 0.1) is 6.04 Å². The number of urea groups is 1. The van der Waals surface area contributed by atoms with Crippen molar-refractivity contribution < 1.29 is 14.7 Å². The van der Waals surface area contributed by atoms with Gasteiger partial charge in [-0.2, -0.15) is 0 Å².